The van der Waals surface area contributed by atoms with Crippen LogP contribution in [-0.2, 0) is 6.54 Å². The summed E-state index contributed by atoms with van der Waals surface area (Å²) < 4.78 is 13.1. The van der Waals surface area contributed by atoms with Crippen LogP contribution in [0.15, 0.2) is 41.9 Å². The summed E-state index contributed by atoms with van der Waals surface area (Å²) in [5, 5.41) is 3.48. The van der Waals surface area contributed by atoms with Gasteiger partial charge < -0.3 is 24.3 Å². The molecule has 1 saturated heterocycles. The third-order valence-corrected chi connectivity index (χ3v) is 5.26. The molecule has 0 bridgehead atoms. The van der Waals surface area contributed by atoms with Gasteiger partial charge in [0.05, 0.1) is 26.6 Å². The molecule has 2 heterocycles. The van der Waals surface area contributed by atoms with Gasteiger partial charge in [-0.1, -0.05) is 19.1 Å². The van der Waals surface area contributed by atoms with E-state index in [9.17, 15) is 0 Å². The maximum atomic E-state index is 5.53. The lowest BCUT2D eigenvalue weighted by Crippen LogP contribution is -2.48. The third kappa shape index (κ3) is 4.18. The van der Waals surface area contributed by atoms with Crippen molar-refractivity contribution in [3.63, 3.8) is 0 Å². The number of imidazole rings is 1. The first-order valence-electron chi connectivity index (χ1n) is 9.30. The van der Waals surface area contributed by atoms with Crippen LogP contribution in [0.1, 0.15) is 24.9 Å². The van der Waals surface area contributed by atoms with Crippen LogP contribution in [0.4, 0.5) is 0 Å². The number of likely N-dealkylation sites (tertiary alicyclic amines) is 1. The number of ether oxygens (including phenoxy) is 2. The van der Waals surface area contributed by atoms with E-state index in [0.717, 1.165) is 42.5 Å². The second kappa shape index (κ2) is 8.79. The van der Waals surface area contributed by atoms with Crippen molar-refractivity contribution in [3.8, 4) is 11.5 Å². The Labute approximate surface area is 161 Å². The molecular weight excluding hydrogens is 342 g/mol. The van der Waals surface area contributed by atoms with E-state index in [1.54, 1.807) is 14.2 Å². The number of para-hydroxylation sites is 1. The molecule has 146 valence electrons. The minimum Gasteiger partial charge on any atom is -0.493 e. The normalized spacial score (nSPS) is 20.4. The van der Waals surface area contributed by atoms with Crippen LogP contribution < -0.4 is 14.8 Å². The molecule has 1 aromatic heterocycles. The van der Waals surface area contributed by atoms with Gasteiger partial charge in [0.25, 0.3) is 0 Å². The quantitative estimate of drug-likeness (QED) is 0.646. The Morgan fingerprint density at radius 1 is 1.33 bits per heavy atom. The first-order chi connectivity index (χ1) is 13.2. The standard InChI is InChI=1S/C20H29N5O2/c1-15-8-10-24(13-17(15)25-11-9-22-14-25)20(21-2)23-12-16-6-5-7-18(26-3)19(16)27-4/h5-7,9,11,14-15,17H,8,10,12-13H2,1-4H3,(H,21,23). The maximum Gasteiger partial charge on any atom is 0.193 e. The van der Waals surface area contributed by atoms with E-state index < -0.39 is 0 Å². The number of rotatable bonds is 5. The summed E-state index contributed by atoms with van der Waals surface area (Å²) in [6.45, 7) is 4.82. The van der Waals surface area contributed by atoms with Crippen LogP contribution in [0, 0.1) is 5.92 Å². The summed E-state index contributed by atoms with van der Waals surface area (Å²) >= 11 is 0. The van der Waals surface area contributed by atoms with Crippen molar-refractivity contribution < 1.29 is 9.47 Å². The topological polar surface area (TPSA) is 63.9 Å². The van der Waals surface area contributed by atoms with Crippen molar-refractivity contribution in [1.29, 1.82) is 0 Å². The highest BCUT2D eigenvalue weighted by molar-refractivity contribution is 5.80. The number of nitrogens with one attached hydrogen (secondary N) is 1. The van der Waals surface area contributed by atoms with Crippen LogP contribution >= 0.6 is 0 Å². The second-order valence-corrected chi connectivity index (χ2v) is 6.84. The highest BCUT2D eigenvalue weighted by Gasteiger charge is 2.29. The van der Waals surface area contributed by atoms with Crippen LogP contribution in [0.2, 0.25) is 0 Å². The molecule has 0 radical (unpaired) electrons. The van der Waals surface area contributed by atoms with Crippen LogP contribution in [-0.4, -0.2) is 54.8 Å². The molecular formula is C20H29N5O2. The lowest BCUT2D eigenvalue weighted by atomic mass is 9.93. The summed E-state index contributed by atoms with van der Waals surface area (Å²) in [6.07, 6.45) is 6.91. The largest absolute Gasteiger partial charge is 0.493 e. The van der Waals surface area contributed by atoms with E-state index in [1.165, 1.54) is 0 Å². The summed E-state index contributed by atoms with van der Waals surface area (Å²) in [6, 6.07) is 6.30. The zero-order valence-electron chi connectivity index (χ0n) is 16.6. The zero-order chi connectivity index (χ0) is 19.2. The average molecular weight is 371 g/mol. The van der Waals surface area contributed by atoms with E-state index in [2.05, 4.69) is 31.7 Å². The van der Waals surface area contributed by atoms with Gasteiger partial charge in [-0.3, -0.25) is 4.99 Å². The molecule has 1 aliphatic heterocycles. The number of piperidine rings is 1. The van der Waals surface area contributed by atoms with Crippen molar-refractivity contribution in [3.05, 3.63) is 42.5 Å². The van der Waals surface area contributed by atoms with E-state index in [1.807, 2.05) is 44.0 Å². The van der Waals surface area contributed by atoms with E-state index in [0.29, 0.717) is 18.5 Å². The molecule has 7 heteroatoms. The summed E-state index contributed by atoms with van der Waals surface area (Å²) in [5.41, 5.74) is 1.04. The number of hydrogen-bond acceptors (Lipinski definition) is 4. The molecule has 3 rings (SSSR count). The van der Waals surface area contributed by atoms with E-state index in [-0.39, 0.29) is 0 Å². The van der Waals surface area contributed by atoms with E-state index in [4.69, 9.17) is 9.47 Å². The predicted octanol–water partition coefficient (Wildman–Crippen LogP) is 2.56. The zero-order valence-corrected chi connectivity index (χ0v) is 16.6. The van der Waals surface area contributed by atoms with Crippen molar-refractivity contribution in [1.82, 2.24) is 19.8 Å². The first-order valence-corrected chi connectivity index (χ1v) is 9.30. The Kier molecular flexibility index (Phi) is 6.21. The molecule has 0 saturated carbocycles. The molecule has 2 aromatic rings. The van der Waals surface area contributed by atoms with Crippen molar-refractivity contribution in [2.45, 2.75) is 25.9 Å². The minimum absolute atomic E-state index is 0.395. The van der Waals surface area contributed by atoms with Crippen molar-refractivity contribution >= 4 is 5.96 Å². The molecule has 0 aliphatic carbocycles. The van der Waals surface area contributed by atoms with Crippen LogP contribution in [0.5, 0.6) is 11.5 Å². The fraction of sp³-hybridized carbons (Fsp3) is 0.500. The smallest absolute Gasteiger partial charge is 0.193 e. The molecule has 1 fully saturated rings. The Balaban J connectivity index is 1.69. The molecule has 27 heavy (non-hydrogen) atoms. The van der Waals surface area contributed by atoms with Gasteiger partial charge in [-0.25, -0.2) is 4.98 Å². The van der Waals surface area contributed by atoms with Gasteiger partial charge in [0, 0.05) is 44.6 Å². The van der Waals surface area contributed by atoms with Gasteiger partial charge in [-0.15, -0.1) is 0 Å². The number of benzene rings is 1. The van der Waals surface area contributed by atoms with Crippen LogP contribution in [0.3, 0.4) is 0 Å². The van der Waals surface area contributed by atoms with E-state index >= 15 is 0 Å². The number of aliphatic imine (C=N–C) groups is 1. The fourth-order valence-electron chi connectivity index (χ4n) is 3.69. The fourth-order valence-corrected chi connectivity index (χ4v) is 3.69. The lowest BCUT2D eigenvalue weighted by molar-refractivity contribution is 0.189. The summed E-state index contributed by atoms with van der Waals surface area (Å²) in [7, 11) is 5.15. The average Bonchev–Trinajstić information content (AvgIpc) is 3.23. The predicted molar refractivity (Wildman–Crippen MR) is 106 cm³/mol. The summed E-state index contributed by atoms with van der Waals surface area (Å²) in [5.74, 6) is 2.99. The SMILES string of the molecule is CN=C(NCc1cccc(OC)c1OC)N1CCC(C)C(n2ccnc2)C1. The Bertz CT molecular complexity index is 760. The Morgan fingerprint density at radius 2 is 2.19 bits per heavy atom. The van der Waals surface area contributed by atoms with Gasteiger partial charge in [0.15, 0.2) is 17.5 Å². The van der Waals surface area contributed by atoms with Gasteiger partial charge in [-0.2, -0.15) is 0 Å². The number of nitrogens with zero attached hydrogens (tertiary/aromatic N) is 4. The number of guanidine groups is 1. The van der Waals surface area contributed by atoms with Crippen LogP contribution in [0.25, 0.3) is 0 Å². The van der Waals surface area contributed by atoms with Crippen molar-refractivity contribution in [2.24, 2.45) is 10.9 Å². The van der Waals surface area contributed by atoms with Gasteiger partial charge in [0.2, 0.25) is 0 Å². The number of aromatic nitrogens is 2. The maximum absolute atomic E-state index is 5.53. The minimum atomic E-state index is 0.395. The first kappa shape index (κ1) is 19.1. The molecule has 0 spiro atoms. The summed E-state index contributed by atoms with van der Waals surface area (Å²) in [4.78, 5) is 11.0. The number of methoxy groups -OCH3 is 2. The highest BCUT2D eigenvalue weighted by Crippen LogP contribution is 2.31. The molecule has 1 N–H and O–H groups in total. The Morgan fingerprint density at radius 3 is 2.85 bits per heavy atom. The number of hydrogen-bond donors (Lipinski definition) is 1. The van der Waals surface area contributed by atoms with Gasteiger partial charge >= 0.3 is 0 Å². The molecule has 2 unspecified atom stereocenters. The Hall–Kier alpha value is -2.70. The molecule has 1 aromatic carbocycles. The molecule has 0 amide bonds. The molecule has 2 atom stereocenters. The highest BCUT2D eigenvalue weighted by atomic mass is 16.5. The lowest BCUT2D eigenvalue weighted by Gasteiger charge is -2.39. The third-order valence-electron chi connectivity index (χ3n) is 5.26. The van der Waals surface area contributed by atoms with Gasteiger partial charge in [0.1, 0.15) is 0 Å². The van der Waals surface area contributed by atoms with Gasteiger partial charge in [-0.05, 0) is 18.4 Å². The van der Waals surface area contributed by atoms with Crippen molar-refractivity contribution in [2.75, 3.05) is 34.4 Å². The molecule has 7 nitrogen and oxygen atoms in total. The monoisotopic (exact) mass is 371 g/mol. The molecule has 1 aliphatic rings. The second-order valence-electron chi connectivity index (χ2n) is 6.84.